The maximum absolute atomic E-state index is 5.31. The molecular weight excluding hydrogens is 184 g/mol. The maximum Gasteiger partial charge on any atom is 0.118 e. The minimum atomic E-state index is 0.832. The predicted molar refractivity (Wildman–Crippen MR) is 54.9 cm³/mol. The van der Waals surface area contributed by atoms with Crippen LogP contribution < -0.4 is 4.74 Å². The van der Waals surface area contributed by atoms with Crippen LogP contribution in [0.15, 0.2) is 35.9 Å². The lowest BCUT2D eigenvalue weighted by Crippen LogP contribution is -1.81. The van der Waals surface area contributed by atoms with Gasteiger partial charge in [-0.05, 0) is 30.3 Å². The molecule has 0 amide bonds. The number of halogens is 1. The van der Waals surface area contributed by atoms with E-state index in [2.05, 4.69) is 11.8 Å². The highest BCUT2D eigenvalue weighted by Crippen LogP contribution is 2.09. The van der Waals surface area contributed by atoms with E-state index >= 15 is 0 Å². The fourth-order valence-corrected chi connectivity index (χ4v) is 0.894. The summed E-state index contributed by atoms with van der Waals surface area (Å²) >= 11 is 5.31. The molecule has 2 heteroatoms. The van der Waals surface area contributed by atoms with Crippen LogP contribution in [-0.4, -0.2) is 7.11 Å². The summed E-state index contributed by atoms with van der Waals surface area (Å²) < 4.78 is 5.01. The summed E-state index contributed by atoms with van der Waals surface area (Å²) in [6, 6.07) is 7.53. The Bertz CT molecular complexity index is 341. The number of rotatable bonds is 1. The first kappa shape index (κ1) is 9.70. The first-order valence-corrected chi connectivity index (χ1v) is 4.21. The van der Waals surface area contributed by atoms with E-state index in [0.29, 0.717) is 0 Å². The van der Waals surface area contributed by atoms with Gasteiger partial charge in [0.25, 0.3) is 0 Å². The number of benzene rings is 1. The van der Waals surface area contributed by atoms with Gasteiger partial charge in [0, 0.05) is 11.1 Å². The zero-order chi connectivity index (χ0) is 9.52. The van der Waals surface area contributed by atoms with Crippen LogP contribution in [0.25, 0.3) is 0 Å². The van der Waals surface area contributed by atoms with Gasteiger partial charge in [-0.15, -0.1) is 0 Å². The average Bonchev–Trinajstić information content (AvgIpc) is 2.19. The number of hydrogen-bond donors (Lipinski definition) is 0. The number of hydrogen-bond acceptors (Lipinski definition) is 1. The fourth-order valence-electron chi connectivity index (χ4n) is 0.831. The maximum atomic E-state index is 5.31. The zero-order valence-electron chi connectivity index (χ0n) is 7.25. The first-order valence-electron chi connectivity index (χ1n) is 3.77. The van der Waals surface area contributed by atoms with Crippen LogP contribution in [0.4, 0.5) is 0 Å². The lowest BCUT2D eigenvalue weighted by Gasteiger charge is -1.97. The summed E-state index contributed by atoms with van der Waals surface area (Å²) in [5, 5.41) is 0. The van der Waals surface area contributed by atoms with Crippen LogP contribution in [0.1, 0.15) is 5.56 Å². The molecule has 1 nitrogen and oxygen atoms in total. The lowest BCUT2D eigenvalue weighted by atomic mass is 10.2. The Labute approximate surface area is 83.0 Å². The van der Waals surface area contributed by atoms with Crippen LogP contribution >= 0.6 is 11.6 Å². The molecule has 0 aliphatic carbocycles. The molecule has 0 atom stereocenters. The Kier molecular flexibility index (Phi) is 3.95. The van der Waals surface area contributed by atoms with Gasteiger partial charge in [-0.25, -0.2) is 0 Å². The van der Waals surface area contributed by atoms with E-state index in [9.17, 15) is 0 Å². The molecule has 0 fully saturated rings. The van der Waals surface area contributed by atoms with E-state index in [1.807, 2.05) is 24.3 Å². The van der Waals surface area contributed by atoms with Gasteiger partial charge >= 0.3 is 0 Å². The molecule has 0 aromatic heterocycles. The highest BCUT2D eigenvalue weighted by molar-refractivity contribution is 6.25. The van der Waals surface area contributed by atoms with Crippen LogP contribution in [-0.2, 0) is 0 Å². The van der Waals surface area contributed by atoms with Crippen molar-refractivity contribution in [2.45, 2.75) is 0 Å². The third kappa shape index (κ3) is 3.23. The quantitative estimate of drug-likeness (QED) is 0.622. The molecule has 0 bridgehead atoms. The van der Waals surface area contributed by atoms with Gasteiger partial charge in [-0.3, -0.25) is 0 Å². The van der Waals surface area contributed by atoms with Crippen molar-refractivity contribution in [2.75, 3.05) is 7.11 Å². The molecule has 66 valence electrons. The van der Waals surface area contributed by atoms with E-state index in [1.165, 1.54) is 5.54 Å². The normalized spacial score (nSPS) is 9.38. The van der Waals surface area contributed by atoms with Crippen molar-refractivity contribution in [3.05, 3.63) is 41.4 Å². The molecular formula is C11H9ClO. The summed E-state index contributed by atoms with van der Waals surface area (Å²) in [6.07, 6.45) is 1.59. The van der Waals surface area contributed by atoms with E-state index in [0.717, 1.165) is 11.3 Å². The molecule has 1 rings (SSSR count). The summed E-state index contributed by atoms with van der Waals surface area (Å²) in [5.41, 5.74) is 2.33. The molecule has 0 radical (unpaired) electrons. The molecule has 0 saturated heterocycles. The van der Waals surface area contributed by atoms with Gasteiger partial charge in [0.1, 0.15) is 5.75 Å². The molecule has 0 saturated carbocycles. The highest BCUT2D eigenvalue weighted by Gasteiger charge is 1.88. The second kappa shape index (κ2) is 5.29. The molecule has 13 heavy (non-hydrogen) atoms. The molecule has 0 heterocycles. The van der Waals surface area contributed by atoms with E-state index < -0.39 is 0 Å². The van der Waals surface area contributed by atoms with Crippen molar-refractivity contribution in [3.8, 4) is 17.6 Å². The molecule has 0 aliphatic rings. The van der Waals surface area contributed by atoms with Gasteiger partial charge in [0.15, 0.2) is 0 Å². The van der Waals surface area contributed by atoms with Gasteiger partial charge in [0.2, 0.25) is 0 Å². The monoisotopic (exact) mass is 192 g/mol. The molecule has 0 N–H and O–H groups in total. The Hall–Kier alpha value is -1.39. The van der Waals surface area contributed by atoms with E-state index in [1.54, 1.807) is 13.2 Å². The molecule has 1 aromatic carbocycles. The minimum Gasteiger partial charge on any atom is -0.497 e. The van der Waals surface area contributed by atoms with Gasteiger partial charge in [-0.2, -0.15) is 0 Å². The van der Waals surface area contributed by atoms with E-state index in [4.69, 9.17) is 16.3 Å². The minimum absolute atomic E-state index is 0.832. The largest absolute Gasteiger partial charge is 0.497 e. The number of ether oxygens (including phenoxy) is 1. The van der Waals surface area contributed by atoms with Crippen molar-refractivity contribution in [1.82, 2.24) is 0 Å². The summed E-state index contributed by atoms with van der Waals surface area (Å²) in [7, 11) is 1.64. The second-order valence-corrected chi connectivity index (χ2v) is 2.54. The van der Waals surface area contributed by atoms with Crippen molar-refractivity contribution in [1.29, 1.82) is 0 Å². The van der Waals surface area contributed by atoms with Crippen LogP contribution in [0, 0.1) is 11.8 Å². The van der Waals surface area contributed by atoms with Crippen LogP contribution in [0.5, 0.6) is 5.75 Å². The Balaban J connectivity index is 2.76. The summed E-state index contributed by atoms with van der Waals surface area (Å²) in [5.74, 6) is 6.54. The SMILES string of the molecule is COc1ccc(C#C/C=C\Cl)cc1. The first-order chi connectivity index (χ1) is 6.36. The summed E-state index contributed by atoms with van der Waals surface area (Å²) in [6.45, 7) is 0. The summed E-state index contributed by atoms with van der Waals surface area (Å²) in [4.78, 5) is 0. The highest BCUT2D eigenvalue weighted by atomic mass is 35.5. The smallest absolute Gasteiger partial charge is 0.118 e. The van der Waals surface area contributed by atoms with Crippen molar-refractivity contribution in [3.63, 3.8) is 0 Å². The van der Waals surface area contributed by atoms with Crippen molar-refractivity contribution >= 4 is 11.6 Å². The molecule has 1 aromatic rings. The topological polar surface area (TPSA) is 9.23 Å². The Morgan fingerprint density at radius 3 is 2.54 bits per heavy atom. The predicted octanol–water partition coefficient (Wildman–Crippen LogP) is 2.80. The van der Waals surface area contributed by atoms with Crippen molar-refractivity contribution in [2.24, 2.45) is 0 Å². The average molecular weight is 193 g/mol. The van der Waals surface area contributed by atoms with Gasteiger partial charge in [0.05, 0.1) is 7.11 Å². The third-order valence-electron chi connectivity index (χ3n) is 1.45. The van der Waals surface area contributed by atoms with Crippen LogP contribution in [0.3, 0.4) is 0 Å². The molecule has 0 aliphatic heterocycles. The van der Waals surface area contributed by atoms with Crippen LogP contribution in [0.2, 0.25) is 0 Å². The molecule has 0 unspecified atom stereocenters. The fraction of sp³-hybridized carbons (Fsp3) is 0.0909. The Morgan fingerprint density at radius 1 is 1.31 bits per heavy atom. The van der Waals surface area contributed by atoms with Crippen molar-refractivity contribution < 1.29 is 4.74 Å². The molecule has 0 spiro atoms. The third-order valence-corrected chi connectivity index (χ3v) is 1.58. The van der Waals surface area contributed by atoms with Gasteiger partial charge in [-0.1, -0.05) is 23.4 Å². The Morgan fingerprint density at radius 2 is 2.00 bits per heavy atom. The standard InChI is InChI=1S/C11H9ClO/c1-13-11-7-5-10(6-8-11)4-2-3-9-12/h3,5-9H,1H3/b9-3-. The van der Waals surface area contributed by atoms with Gasteiger partial charge < -0.3 is 4.74 Å². The number of allylic oxidation sites excluding steroid dienone is 1. The number of methoxy groups -OCH3 is 1. The lowest BCUT2D eigenvalue weighted by molar-refractivity contribution is 0.415. The second-order valence-electron chi connectivity index (χ2n) is 2.29. The van der Waals surface area contributed by atoms with E-state index in [-0.39, 0.29) is 0 Å². The zero-order valence-corrected chi connectivity index (χ0v) is 8.01.